The van der Waals surface area contributed by atoms with Crippen LogP contribution in [0.1, 0.15) is 45.7 Å². The molecule has 9 heteroatoms. The van der Waals surface area contributed by atoms with Crippen LogP contribution < -0.4 is 15.8 Å². The minimum absolute atomic E-state index is 0.185. The summed E-state index contributed by atoms with van der Waals surface area (Å²) in [5.74, 6) is 0.824. The highest BCUT2D eigenvalue weighted by Gasteiger charge is 2.12. The molecule has 1 rings (SSSR count). The van der Waals surface area contributed by atoms with Gasteiger partial charge in [-0.2, -0.15) is 0 Å². The Morgan fingerprint density at radius 1 is 1.38 bits per heavy atom. The average Bonchev–Trinajstić information content (AvgIpc) is 2.95. The molecule has 8 nitrogen and oxygen atoms in total. The van der Waals surface area contributed by atoms with Crippen molar-refractivity contribution in [3.8, 4) is 0 Å². The van der Waals surface area contributed by atoms with E-state index < -0.39 is 10.0 Å². The van der Waals surface area contributed by atoms with Gasteiger partial charge in [-0.1, -0.05) is 31.8 Å². The first-order valence-corrected chi connectivity index (χ1v) is 9.87. The summed E-state index contributed by atoms with van der Waals surface area (Å²) in [7, 11) is -3.45. The van der Waals surface area contributed by atoms with Crippen molar-refractivity contribution in [3.63, 3.8) is 0 Å². The molecule has 0 spiro atoms. The van der Waals surface area contributed by atoms with Crippen LogP contribution in [-0.4, -0.2) is 38.7 Å². The molecule has 0 fully saturated rings. The lowest BCUT2D eigenvalue weighted by Gasteiger charge is -2.15. The molecule has 0 aliphatic rings. The minimum atomic E-state index is -3.45. The topological polar surface area (TPSA) is 123 Å². The largest absolute Gasteiger partial charge is 0.370 e. The van der Waals surface area contributed by atoms with Gasteiger partial charge in [-0.15, -0.1) is 0 Å². The van der Waals surface area contributed by atoms with Crippen LogP contribution in [0.2, 0.25) is 0 Å². The van der Waals surface area contributed by atoms with Gasteiger partial charge in [0.05, 0.1) is 12.2 Å². The van der Waals surface area contributed by atoms with Crippen LogP contribution in [0, 0.1) is 5.92 Å². The molecule has 0 bridgehead atoms. The molecule has 0 aliphatic carbocycles. The van der Waals surface area contributed by atoms with E-state index in [0.29, 0.717) is 17.6 Å². The Kier molecular flexibility index (Phi) is 8.77. The van der Waals surface area contributed by atoms with Gasteiger partial charge in [0.25, 0.3) is 0 Å². The van der Waals surface area contributed by atoms with Crippen LogP contribution >= 0.6 is 0 Å². The van der Waals surface area contributed by atoms with Gasteiger partial charge >= 0.3 is 0 Å². The van der Waals surface area contributed by atoms with E-state index in [1.807, 2.05) is 0 Å². The Bertz CT molecular complexity index is 584. The number of guanidine groups is 1. The fraction of sp³-hybridized carbons (Fsp3) is 0.733. The molecule has 1 atom stereocenters. The molecule has 1 heterocycles. The fourth-order valence-electron chi connectivity index (χ4n) is 2.14. The van der Waals surface area contributed by atoms with Gasteiger partial charge in [-0.3, -0.25) is 4.99 Å². The van der Waals surface area contributed by atoms with Gasteiger partial charge in [-0.25, -0.2) is 13.1 Å². The molecule has 1 unspecified atom stereocenters. The van der Waals surface area contributed by atoms with Gasteiger partial charge in [0.15, 0.2) is 5.96 Å². The van der Waals surface area contributed by atoms with E-state index in [2.05, 4.69) is 45.5 Å². The predicted molar refractivity (Wildman–Crippen MR) is 94.9 cm³/mol. The molecule has 0 saturated heterocycles. The third-order valence-corrected chi connectivity index (χ3v) is 4.68. The Morgan fingerprint density at radius 3 is 2.75 bits per heavy atom. The highest BCUT2D eigenvalue weighted by atomic mass is 32.2. The normalized spacial score (nSPS) is 14.1. The van der Waals surface area contributed by atoms with Crippen molar-refractivity contribution < 1.29 is 12.9 Å². The van der Waals surface area contributed by atoms with Gasteiger partial charge in [0.1, 0.15) is 12.0 Å². The Morgan fingerprint density at radius 2 is 2.12 bits per heavy atom. The third-order valence-electron chi connectivity index (χ3n) is 3.36. The maximum absolute atomic E-state index is 11.8. The zero-order chi connectivity index (χ0) is 18.0. The fourth-order valence-corrected chi connectivity index (χ4v) is 3.18. The minimum Gasteiger partial charge on any atom is -0.370 e. The second-order valence-corrected chi connectivity index (χ2v) is 8.09. The number of hydrogen-bond donors (Lipinski definition) is 3. The zero-order valence-electron chi connectivity index (χ0n) is 14.7. The molecular weight excluding hydrogens is 330 g/mol. The summed E-state index contributed by atoms with van der Waals surface area (Å²) in [5.41, 5.74) is 6.17. The standard InChI is InChI=1S/C15H29N5O3S/c1-12(2)5-4-6-13(3)19-15(16)17-8-9-18-24(21,22)11-14-7-10-23-20-14/h7,10,12-13,18H,4-6,8-9,11H2,1-3H3,(H3,16,17,19). The van der Waals surface area contributed by atoms with Crippen LogP contribution in [-0.2, 0) is 15.8 Å². The number of rotatable bonds is 11. The number of aliphatic imine (C=N–C) groups is 1. The van der Waals surface area contributed by atoms with Crippen molar-refractivity contribution >= 4 is 16.0 Å². The molecular formula is C15H29N5O3S. The van der Waals surface area contributed by atoms with Crippen molar-refractivity contribution in [1.29, 1.82) is 0 Å². The molecule has 0 radical (unpaired) electrons. The van der Waals surface area contributed by atoms with E-state index in [4.69, 9.17) is 5.73 Å². The lowest BCUT2D eigenvalue weighted by Crippen LogP contribution is -2.39. The Hall–Kier alpha value is -1.61. The van der Waals surface area contributed by atoms with Crippen LogP contribution in [0.15, 0.2) is 21.8 Å². The van der Waals surface area contributed by atoms with Gasteiger partial charge in [0.2, 0.25) is 10.0 Å². The Balaban J connectivity index is 2.23. The summed E-state index contributed by atoms with van der Waals surface area (Å²) in [6.45, 7) is 6.93. The summed E-state index contributed by atoms with van der Waals surface area (Å²) in [6, 6.07) is 1.76. The first-order chi connectivity index (χ1) is 11.3. The molecule has 4 N–H and O–H groups in total. The van der Waals surface area contributed by atoms with Gasteiger partial charge < -0.3 is 15.6 Å². The zero-order valence-corrected chi connectivity index (χ0v) is 15.5. The van der Waals surface area contributed by atoms with Gasteiger partial charge in [0, 0.05) is 18.7 Å². The average molecular weight is 359 g/mol. The molecule has 24 heavy (non-hydrogen) atoms. The number of sulfonamides is 1. The van der Waals surface area contributed by atoms with E-state index in [-0.39, 0.29) is 24.9 Å². The predicted octanol–water partition coefficient (Wildman–Crippen LogP) is 1.21. The molecule has 1 aromatic heterocycles. The van der Waals surface area contributed by atoms with E-state index >= 15 is 0 Å². The summed E-state index contributed by atoms with van der Waals surface area (Å²) >= 11 is 0. The van der Waals surface area contributed by atoms with Crippen molar-refractivity contribution in [2.45, 2.75) is 51.8 Å². The molecule has 0 aromatic carbocycles. The highest BCUT2D eigenvalue weighted by Crippen LogP contribution is 2.08. The van der Waals surface area contributed by atoms with Crippen LogP contribution in [0.4, 0.5) is 0 Å². The number of hydrogen-bond acceptors (Lipinski definition) is 5. The maximum atomic E-state index is 11.8. The number of nitrogens with two attached hydrogens (primary N) is 1. The first kappa shape index (κ1) is 20.4. The number of nitrogens with one attached hydrogen (secondary N) is 2. The van der Waals surface area contributed by atoms with Crippen LogP contribution in [0.25, 0.3) is 0 Å². The van der Waals surface area contributed by atoms with Crippen molar-refractivity contribution in [3.05, 3.63) is 18.0 Å². The lowest BCUT2D eigenvalue weighted by atomic mass is 10.0. The monoisotopic (exact) mass is 359 g/mol. The SMILES string of the molecule is CC(C)CCCC(C)NC(N)=NCCNS(=O)(=O)Cc1ccon1. The summed E-state index contributed by atoms with van der Waals surface area (Å²) in [6.07, 6.45) is 4.69. The van der Waals surface area contributed by atoms with E-state index in [1.165, 1.54) is 18.8 Å². The van der Waals surface area contributed by atoms with E-state index in [1.54, 1.807) is 0 Å². The molecule has 0 amide bonds. The second-order valence-electron chi connectivity index (χ2n) is 6.28. The highest BCUT2D eigenvalue weighted by molar-refractivity contribution is 7.88. The van der Waals surface area contributed by atoms with Crippen molar-refractivity contribution in [1.82, 2.24) is 15.2 Å². The molecule has 1 aromatic rings. The molecule has 138 valence electrons. The quantitative estimate of drug-likeness (QED) is 0.310. The third kappa shape index (κ3) is 9.51. The molecule has 0 saturated carbocycles. The van der Waals surface area contributed by atoms with Crippen LogP contribution in [0.3, 0.4) is 0 Å². The number of nitrogens with zero attached hydrogens (tertiary/aromatic N) is 2. The summed E-state index contributed by atoms with van der Waals surface area (Å²) in [5, 5.41) is 6.69. The van der Waals surface area contributed by atoms with Gasteiger partial charge in [-0.05, 0) is 19.3 Å². The second kappa shape index (κ2) is 10.3. The summed E-state index contributed by atoms with van der Waals surface area (Å²) < 4.78 is 30.7. The summed E-state index contributed by atoms with van der Waals surface area (Å²) in [4.78, 5) is 4.13. The maximum Gasteiger partial charge on any atom is 0.217 e. The first-order valence-electron chi connectivity index (χ1n) is 8.21. The molecule has 0 aliphatic heterocycles. The number of aromatic nitrogens is 1. The van der Waals surface area contributed by atoms with Crippen molar-refractivity contribution in [2.24, 2.45) is 16.6 Å². The smallest absolute Gasteiger partial charge is 0.217 e. The Labute approximate surface area is 144 Å². The lowest BCUT2D eigenvalue weighted by molar-refractivity contribution is 0.413. The van der Waals surface area contributed by atoms with E-state index in [0.717, 1.165) is 12.8 Å². The van der Waals surface area contributed by atoms with E-state index in [9.17, 15) is 8.42 Å². The van der Waals surface area contributed by atoms with Crippen molar-refractivity contribution in [2.75, 3.05) is 13.1 Å². The van der Waals surface area contributed by atoms with Crippen LogP contribution in [0.5, 0.6) is 0 Å².